The molecule has 5 heteroatoms. The van der Waals surface area contributed by atoms with Crippen LogP contribution < -0.4 is 5.32 Å². The second kappa shape index (κ2) is 4.12. The average Bonchev–Trinajstić information content (AvgIpc) is 2.44. The van der Waals surface area contributed by atoms with Gasteiger partial charge in [-0.1, -0.05) is 18.2 Å². The van der Waals surface area contributed by atoms with Gasteiger partial charge in [-0.25, -0.2) is 0 Å². The first-order chi connectivity index (χ1) is 8.77. The van der Waals surface area contributed by atoms with E-state index in [2.05, 4.69) is 10.3 Å². The number of nitrogens with zero attached hydrogens (tertiary/aromatic N) is 2. The summed E-state index contributed by atoms with van der Waals surface area (Å²) in [6.45, 7) is 0. The first-order valence-electron chi connectivity index (χ1n) is 5.56. The van der Waals surface area contributed by atoms with E-state index in [1.807, 2.05) is 12.1 Å². The molecule has 0 radical (unpaired) electrons. The standard InChI is InChI=1S/C13H11N3O2/c17-13-9-5-1-2-6-10(9)15-12(16(13)18)11-7-3-4-8-14-11/h1-8,12,15,18H/t12-/m0/s1. The normalized spacial score (nSPS) is 18.2. The maximum Gasteiger partial charge on any atom is 0.281 e. The SMILES string of the molecule is O=C1c2ccccc2N[C@H](c2ccccn2)N1O. The number of hydroxylamine groups is 2. The van der Waals surface area contributed by atoms with Crippen LogP contribution >= 0.6 is 0 Å². The molecule has 1 aromatic heterocycles. The molecule has 0 saturated heterocycles. The molecule has 0 saturated carbocycles. The van der Waals surface area contributed by atoms with Crippen LogP contribution in [-0.2, 0) is 0 Å². The number of nitrogens with one attached hydrogen (secondary N) is 1. The molecule has 3 rings (SSSR count). The molecule has 1 aliphatic rings. The highest BCUT2D eigenvalue weighted by atomic mass is 16.5. The number of carbonyl (C=O) groups excluding carboxylic acids is 1. The Kier molecular flexibility index (Phi) is 2.46. The Morgan fingerprint density at radius 3 is 2.72 bits per heavy atom. The summed E-state index contributed by atoms with van der Waals surface area (Å²) in [5, 5.41) is 13.7. The molecule has 1 amide bonds. The van der Waals surface area contributed by atoms with Crippen LogP contribution in [0.4, 0.5) is 5.69 Å². The smallest absolute Gasteiger partial charge is 0.281 e. The number of hydrogen-bond acceptors (Lipinski definition) is 4. The minimum absolute atomic E-state index is 0.431. The van der Waals surface area contributed by atoms with Crippen LogP contribution in [0.2, 0.25) is 0 Å². The lowest BCUT2D eigenvalue weighted by atomic mass is 10.1. The maximum absolute atomic E-state index is 12.0. The third kappa shape index (κ3) is 1.61. The molecule has 5 nitrogen and oxygen atoms in total. The van der Waals surface area contributed by atoms with Crippen LogP contribution in [-0.4, -0.2) is 21.2 Å². The van der Waals surface area contributed by atoms with Crippen molar-refractivity contribution in [1.82, 2.24) is 10.0 Å². The van der Waals surface area contributed by atoms with Crippen LogP contribution in [0.3, 0.4) is 0 Å². The molecule has 1 aromatic carbocycles. The molecule has 0 bridgehead atoms. The molecule has 90 valence electrons. The summed E-state index contributed by atoms with van der Waals surface area (Å²) in [5.74, 6) is -0.431. The third-order valence-corrected chi connectivity index (χ3v) is 2.87. The van der Waals surface area contributed by atoms with Crippen molar-refractivity contribution in [2.75, 3.05) is 5.32 Å². The van der Waals surface area contributed by atoms with Gasteiger partial charge in [0.05, 0.1) is 11.3 Å². The Morgan fingerprint density at radius 2 is 1.94 bits per heavy atom. The highest BCUT2D eigenvalue weighted by molar-refractivity contribution is 6.00. The monoisotopic (exact) mass is 241 g/mol. The summed E-state index contributed by atoms with van der Waals surface area (Å²) in [7, 11) is 0. The highest BCUT2D eigenvalue weighted by Crippen LogP contribution is 2.30. The fraction of sp³-hybridized carbons (Fsp3) is 0.0769. The van der Waals surface area contributed by atoms with E-state index in [9.17, 15) is 10.0 Å². The Labute approximate surface area is 104 Å². The van der Waals surface area contributed by atoms with Crippen LogP contribution in [0.5, 0.6) is 0 Å². The number of pyridine rings is 1. The predicted octanol–water partition coefficient (Wildman–Crippen LogP) is 2.04. The zero-order chi connectivity index (χ0) is 12.5. The largest absolute Gasteiger partial charge is 0.358 e. The number of carbonyl (C=O) groups is 1. The van der Waals surface area contributed by atoms with Crippen LogP contribution in [0, 0.1) is 0 Å². The first-order valence-corrected chi connectivity index (χ1v) is 5.56. The van der Waals surface area contributed by atoms with Gasteiger partial charge in [-0.05, 0) is 24.3 Å². The molecule has 1 atom stereocenters. The zero-order valence-electron chi connectivity index (χ0n) is 9.45. The number of anilines is 1. The lowest BCUT2D eigenvalue weighted by molar-refractivity contribution is -0.0860. The van der Waals surface area contributed by atoms with Crippen molar-refractivity contribution in [2.24, 2.45) is 0 Å². The minimum Gasteiger partial charge on any atom is -0.358 e. The molecule has 0 fully saturated rings. The van der Waals surface area contributed by atoms with E-state index in [4.69, 9.17) is 0 Å². The summed E-state index contributed by atoms with van der Waals surface area (Å²) in [6.07, 6.45) is 0.962. The second-order valence-corrected chi connectivity index (χ2v) is 4.00. The van der Waals surface area contributed by atoms with Gasteiger partial charge >= 0.3 is 0 Å². The Morgan fingerprint density at radius 1 is 1.17 bits per heavy atom. The van der Waals surface area contributed by atoms with Crippen molar-refractivity contribution in [1.29, 1.82) is 0 Å². The Balaban J connectivity index is 2.04. The Hall–Kier alpha value is -2.40. The van der Waals surface area contributed by atoms with Gasteiger partial charge < -0.3 is 5.32 Å². The molecule has 2 aromatic rings. The molecular formula is C13H11N3O2. The summed E-state index contributed by atoms with van der Waals surface area (Å²) in [6, 6.07) is 12.4. The number of amides is 1. The molecule has 2 heterocycles. The number of para-hydroxylation sites is 1. The zero-order valence-corrected chi connectivity index (χ0v) is 9.45. The van der Waals surface area contributed by atoms with Crippen molar-refractivity contribution < 1.29 is 10.0 Å². The summed E-state index contributed by atoms with van der Waals surface area (Å²) in [5.41, 5.74) is 1.73. The van der Waals surface area contributed by atoms with E-state index in [-0.39, 0.29) is 0 Å². The second-order valence-electron chi connectivity index (χ2n) is 4.00. The number of hydrogen-bond donors (Lipinski definition) is 2. The van der Waals surface area contributed by atoms with E-state index in [0.717, 1.165) is 0 Å². The Bertz CT molecular complexity index is 586. The van der Waals surface area contributed by atoms with Crippen LogP contribution in [0.25, 0.3) is 0 Å². The van der Waals surface area contributed by atoms with Crippen molar-refractivity contribution in [3.05, 3.63) is 59.9 Å². The number of rotatable bonds is 1. The highest BCUT2D eigenvalue weighted by Gasteiger charge is 2.32. The first kappa shape index (κ1) is 10.7. The average molecular weight is 241 g/mol. The molecule has 1 aliphatic heterocycles. The lowest BCUT2D eigenvalue weighted by Crippen LogP contribution is -2.40. The molecule has 2 N–H and O–H groups in total. The van der Waals surface area contributed by atoms with E-state index < -0.39 is 12.1 Å². The quantitative estimate of drug-likeness (QED) is 0.750. The van der Waals surface area contributed by atoms with Gasteiger partial charge in [0, 0.05) is 11.9 Å². The van der Waals surface area contributed by atoms with Crippen molar-refractivity contribution >= 4 is 11.6 Å². The van der Waals surface area contributed by atoms with Gasteiger partial charge in [0.2, 0.25) is 0 Å². The molecular weight excluding hydrogens is 230 g/mol. The van der Waals surface area contributed by atoms with Crippen molar-refractivity contribution in [3.8, 4) is 0 Å². The lowest BCUT2D eigenvalue weighted by Gasteiger charge is -2.32. The van der Waals surface area contributed by atoms with Gasteiger partial charge in [-0.2, -0.15) is 5.06 Å². The fourth-order valence-electron chi connectivity index (χ4n) is 1.98. The topological polar surface area (TPSA) is 65.5 Å². The molecule has 0 unspecified atom stereocenters. The molecule has 18 heavy (non-hydrogen) atoms. The molecule has 0 aliphatic carbocycles. The van der Waals surface area contributed by atoms with Crippen LogP contribution in [0.1, 0.15) is 22.2 Å². The number of fused-ring (bicyclic) bond motifs is 1. The summed E-state index contributed by atoms with van der Waals surface area (Å²) < 4.78 is 0. The third-order valence-electron chi connectivity index (χ3n) is 2.87. The van der Waals surface area contributed by atoms with Crippen LogP contribution in [0.15, 0.2) is 48.7 Å². The van der Waals surface area contributed by atoms with E-state index in [1.165, 1.54) is 0 Å². The van der Waals surface area contributed by atoms with Gasteiger partial charge in [0.15, 0.2) is 6.17 Å². The summed E-state index contributed by atoms with van der Waals surface area (Å²) in [4.78, 5) is 16.2. The van der Waals surface area contributed by atoms with Crippen molar-refractivity contribution in [3.63, 3.8) is 0 Å². The van der Waals surface area contributed by atoms with E-state index in [1.54, 1.807) is 36.5 Å². The van der Waals surface area contributed by atoms with E-state index in [0.29, 0.717) is 22.0 Å². The minimum atomic E-state index is -0.659. The number of benzene rings is 1. The predicted molar refractivity (Wildman–Crippen MR) is 65.0 cm³/mol. The van der Waals surface area contributed by atoms with Crippen molar-refractivity contribution in [2.45, 2.75) is 6.17 Å². The van der Waals surface area contributed by atoms with Gasteiger partial charge in [-0.15, -0.1) is 0 Å². The van der Waals surface area contributed by atoms with Gasteiger partial charge in [0.1, 0.15) is 0 Å². The van der Waals surface area contributed by atoms with Gasteiger partial charge in [-0.3, -0.25) is 15.0 Å². The fourth-order valence-corrected chi connectivity index (χ4v) is 1.98. The number of aromatic nitrogens is 1. The van der Waals surface area contributed by atoms with Gasteiger partial charge in [0.25, 0.3) is 5.91 Å². The maximum atomic E-state index is 12.0. The summed E-state index contributed by atoms with van der Waals surface area (Å²) >= 11 is 0. The van der Waals surface area contributed by atoms with E-state index >= 15 is 0 Å². The molecule has 0 spiro atoms.